The number of hydrogen-bond acceptors (Lipinski definition) is 6. The summed E-state index contributed by atoms with van der Waals surface area (Å²) in [6.07, 6.45) is -6.30. The van der Waals surface area contributed by atoms with Crippen LogP contribution >= 0.6 is 22.6 Å². The highest BCUT2D eigenvalue weighted by molar-refractivity contribution is 14.1. The molecule has 0 amide bonds. The molecule has 2 rings (SSSR count). The highest BCUT2D eigenvalue weighted by Gasteiger charge is 2.45. The number of alkyl halides is 2. The Morgan fingerprint density at radius 2 is 2.19 bits per heavy atom. The van der Waals surface area contributed by atoms with Crippen LogP contribution in [0.1, 0.15) is 17.9 Å². The molecule has 1 aromatic heterocycles. The molecule has 2 heterocycles. The molecule has 0 aromatic carbocycles. The van der Waals surface area contributed by atoms with Crippen molar-refractivity contribution in [1.29, 1.82) is 0 Å². The van der Waals surface area contributed by atoms with Crippen molar-refractivity contribution < 1.29 is 24.4 Å². The normalized spacial score (nSPS) is 30.5. The summed E-state index contributed by atoms with van der Waals surface area (Å²) in [5.41, 5.74) is -1.81. The summed E-state index contributed by atoms with van der Waals surface area (Å²) in [7, 11) is 0. The molecule has 0 spiro atoms. The SMILES string of the molecule is O=c1[nH]c(=O)n([C@@H]2O[C@H](CO)[C@@H](O)[C@H]2F)cc1[C@H](O)CI. The fourth-order valence-corrected chi connectivity index (χ4v) is 2.56. The highest BCUT2D eigenvalue weighted by Crippen LogP contribution is 2.30. The Morgan fingerprint density at radius 1 is 1.52 bits per heavy atom. The van der Waals surface area contributed by atoms with Crippen molar-refractivity contribution in [2.75, 3.05) is 11.0 Å². The fourth-order valence-electron chi connectivity index (χ4n) is 2.09. The summed E-state index contributed by atoms with van der Waals surface area (Å²) in [6.45, 7) is -0.612. The van der Waals surface area contributed by atoms with Gasteiger partial charge >= 0.3 is 5.69 Å². The topological polar surface area (TPSA) is 125 Å². The van der Waals surface area contributed by atoms with Crippen LogP contribution in [0.15, 0.2) is 15.8 Å². The van der Waals surface area contributed by atoms with E-state index in [1.54, 1.807) is 0 Å². The molecule has 118 valence electrons. The maximum Gasteiger partial charge on any atom is 0.330 e. The molecule has 1 aromatic rings. The van der Waals surface area contributed by atoms with Gasteiger partial charge in [-0.1, -0.05) is 22.6 Å². The Kier molecular flexibility index (Phi) is 5.14. The first-order valence-electron chi connectivity index (χ1n) is 6.08. The molecule has 1 fully saturated rings. The first-order chi connectivity index (χ1) is 9.90. The second kappa shape index (κ2) is 6.52. The minimum Gasteiger partial charge on any atom is -0.394 e. The van der Waals surface area contributed by atoms with Crippen molar-refractivity contribution in [3.05, 3.63) is 32.6 Å². The summed E-state index contributed by atoms with van der Waals surface area (Å²) in [4.78, 5) is 25.4. The number of aliphatic hydroxyl groups is 3. The van der Waals surface area contributed by atoms with Crippen molar-refractivity contribution in [1.82, 2.24) is 9.55 Å². The van der Waals surface area contributed by atoms with E-state index >= 15 is 0 Å². The molecule has 1 saturated heterocycles. The number of ether oxygens (including phenoxy) is 1. The third-order valence-corrected chi connectivity index (χ3v) is 4.08. The average molecular weight is 416 g/mol. The van der Waals surface area contributed by atoms with Gasteiger partial charge < -0.3 is 20.1 Å². The number of H-pyrrole nitrogens is 1. The molecule has 1 aliphatic heterocycles. The summed E-state index contributed by atoms with van der Waals surface area (Å²) in [5.74, 6) is 0. The van der Waals surface area contributed by atoms with E-state index in [0.29, 0.717) is 0 Å². The standard InChI is InChI=1S/C11H14FIN2O6/c12-7-8(18)6(3-16)21-10(7)15-2-4(5(17)1-13)9(19)14-11(15)20/h2,5-8,10,16-18H,1,3H2,(H,14,19,20)/t5-,6-,7-,8-,10-/m1/s1. The Balaban J connectivity index is 2.45. The lowest BCUT2D eigenvalue weighted by Gasteiger charge is -2.17. The first-order valence-corrected chi connectivity index (χ1v) is 7.61. The Morgan fingerprint density at radius 3 is 2.71 bits per heavy atom. The van der Waals surface area contributed by atoms with Gasteiger partial charge in [-0.25, -0.2) is 9.18 Å². The first kappa shape index (κ1) is 16.5. The number of aliphatic hydroxyl groups excluding tert-OH is 3. The van der Waals surface area contributed by atoms with Gasteiger partial charge in [-0.15, -0.1) is 0 Å². The van der Waals surface area contributed by atoms with Crippen LogP contribution in [0.2, 0.25) is 0 Å². The Bertz CT molecular complexity index is 619. The summed E-state index contributed by atoms with van der Waals surface area (Å²) in [5, 5.41) is 28.3. The van der Waals surface area contributed by atoms with Crippen molar-refractivity contribution >= 4 is 22.6 Å². The van der Waals surface area contributed by atoms with Crippen LogP contribution in [0.4, 0.5) is 4.39 Å². The Hall–Kier alpha value is -0.820. The molecular weight excluding hydrogens is 402 g/mol. The number of nitrogens with one attached hydrogen (secondary N) is 1. The van der Waals surface area contributed by atoms with Crippen LogP contribution in [0, 0.1) is 0 Å². The van der Waals surface area contributed by atoms with Gasteiger partial charge in [0.2, 0.25) is 0 Å². The molecule has 21 heavy (non-hydrogen) atoms. The number of hydrogen-bond donors (Lipinski definition) is 4. The second-order valence-corrected chi connectivity index (χ2v) is 5.48. The van der Waals surface area contributed by atoms with Crippen LogP contribution in [0.5, 0.6) is 0 Å². The van der Waals surface area contributed by atoms with E-state index < -0.39 is 48.6 Å². The average Bonchev–Trinajstić information content (AvgIpc) is 2.74. The monoisotopic (exact) mass is 416 g/mol. The fraction of sp³-hybridized carbons (Fsp3) is 0.636. The van der Waals surface area contributed by atoms with Gasteiger partial charge in [-0.3, -0.25) is 14.3 Å². The minimum atomic E-state index is -1.95. The predicted octanol–water partition coefficient (Wildman–Crippen LogP) is -1.41. The summed E-state index contributed by atoms with van der Waals surface area (Å²) in [6, 6.07) is 0. The van der Waals surface area contributed by atoms with E-state index in [4.69, 9.17) is 9.84 Å². The largest absolute Gasteiger partial charge is 0.394 e. The van der Waals surface area contributed by atoms with E-state index in [1.165, 1.54) is 0 Å². The van der Waals surface area contributed by atoms with Gasteiger partial charge in [-0.2, -0.15) is 0 Å². The second-order valence-electron chi connectivity index (χ2n) is 4.60. The van der Waals surface area contributed by atoms with Crippen molar-refractivity contribution in [2.24, 2.45) is 0 Å². The van der Waals surface area contributed by atoms with Crippen LogP contribution in [-0.2, 0) is 4.74 Å². The number of aromatic nitrogens is 2. The van der Waals surface area contributed by atoms with Crippen molar-refractivity contribution in [2.45, 2.75) is 30.7 Å². The van der Waals surface area contributed by atoms with Gasteiger partial charge in [0.25, 0.3) is 5.56 Å². The van der Waals surface area contributed by atoms with E-state index in [9.17, 15) is 24.2 Å². The zero-order chi connectivity index (χ0) is 15.7. The van der Waals surface area contributed by atoms with Crippen molar-refractivity contribution in [3.8, 4) is 0 Å². The number of nitrogens with zero attached hydrogens (tertiary/aromatic N) is 1. The number of rotatable bonds is 4. The quantitative estimate of drug-likeness (QED) is 0.354. The zero-order valence-corrected chi connectivity index (χ0v) is 12.8. The molecule has 0 aliphatic carbocycles. The molecule has 0 bridgehead atoms. The van der Waals surface area contributed by atoms with E-state index in [2.05, 4.69) is 0 Å². The zero-order valence-electron chi connectivity index (χ0n) is 10.6. The molecule has 8 nitrogen and oxygen atoms in total. The van der Waals surface area contributed by atoms with Gasteiger partial charge in [0.1, 0.15) is 12.2 Å². The van der Waals surface area contributed by atoms with Gasteiger partial charge in [-0.05, 0) is 0 Å². The smallest absolute Gasteiger partial charge is 0.330 e. The Labute approximate surface area is 131 Å². The van der Waals surface area contributed by atoms with Crippen LogP contribution in [0.25, 0.3) is 0 Å². The maximum absolute atomic E-state index is 14.0. The molecule has 0 saturated carbocycles. The van der Waals surface area contributed by atoms with Crippen LogP contribution in [0.3, 0.4) is 0 Å². The maximum atomic E-state index is 14.0. The van der Waals surface area contributed by atoms with Crippen LogP contribution < -0.4 is 11.2 Å². The lowest BCUT2D eigenvalue weighted by molar-refractivity contribution is -0.0494. The molecule has 5 atom stereocenters. The van der Waals surface area contributed by atoms with E-state index in [-0.39, 0.29) is 9.99 Å². The van der Waals surface area contributed by atoms with Gasteiger partial charge in [0.05, 0.1) is 18.3 Å². The molecule has 10 heteroatoms. The van der Waals surface area contributed by atoms with Crippen molar-refractivity contribution in [3.63, 3.8) is 0 Å². The van der Waals surface area contributed by atoms with Gasteiger partial charge in [0.15, 0.2) is 12.4 Å². The van der Waals surface area contributed by atoms with Crippen LogP contribution in [-0.4, -0.2) is 54.3 Å². The van der Waals surface area contributed by atoms with Gasteiger partial charge in [0, 0.05) is 10.6 Å². The van der Waals surface area contributed by atoms with E-state index in [0.717, 1.165) is 10.8 Å². The highest BCUT2D eigenvalue weighted by atomic mass is 127. The summed E-state index contributed by atoms with van der Waals surface area (Å²) >= 11 is 1.85. The minimum absolute atomic E-state index is 0.110. The molecular formula is C11H14FIN2O6. The third kappa shape index (κ3) is 3.04. The lowest BCUT2D eigenvalue weighted by Crippen LogP contribution is -2.38. The molecule has 0 unspecified atom stereocenters. The predicted molar refractivity (Wildman–Crippen MR) is 77.1 cm³/mol. The lowest BCUT2D eigenvalue weighted by atomic mass is 10.1. The number of halogens is 2. The molecule has 1 aliphatic rings. The molecule has 4 N–H and O–H groups in total. The summed E-state index contributed by atoms with van der Waals surface area (Å²) < 4.78 is 20.1. The molecule has 0 radical (unpaired) electrons. The third-order valence-electron chi connectivity index (χ3n) is 3.25. The van der Waals surface area contributed by atoms with E-state index in [1.807, 2.05) is 27.6 Å². The number of aromatic amines is 1.